The molecule has 0 fully saturated rings. The molecular formula is C15H12BrF3O2. The Bertz CT molecular complexity index is 579. The molecule has 1 atom stereocenters. The zero-order valence-electron chi connectivity index (χ0n) is 10.8. The van der Waals surface area contributed by atoms with E-state index in [4.69, 9.17) is 0 Å². The van der Waals surface area contributed by atoms with E-state index in [0.29, 0.717) is 12.0 Å². The fourth-order valence-corrected chi connectivity index (χ4v) is 2.12. The lowest BCUT2D eigenvalue weighted by Gasteiger charge is -2.13. The zero-order chi connectivity index (χ0) is 15.5. The van der Waals surface area contributed by atoms with Gasteiger partial charge in [-0.15, -0.1) is 13.2 Å². The Morgan fingerprint density at radius 2 is 1.57 bits per heavy atom. The number of hydrogen-bond donors (Lipinski definition) is 1. The van der Waals surface area contributed by atoms with E-state index >= 15 is 0 Å². The van der Waals surface area contributed by atoms with E-state index in [0.717, 1.165) is 10.0 Å². The lowest BCUT2D eigenvalue weighted by Crippen LogP contribution is -2.17. The average molecular weight is 361 g/mol. The third-order valence-electron chi connectivity index (χ3n) is 2.84. The Labute approximate surface area is 128 Å². The standard InChI is InChI=1S/C15H12BrF3O2/c16-12-5-1-10(2-6-12)9-14(20)11-3-7-13(8-4-11)21-15(17,18)19/h1-8,14,20H,9H2. The van der Waals surface area contributed by atoms with Crippen LogP contribution in [0.4, 0.5) is 13.2 Å². The first kappa shape index (κ1) is 15.9. The summed E-state index contributed by atoms with van der Waals surface area (Å²) >= 11 is 3.32. The van der Waals surface area contributed by atoms with Crippen molar-refractivity contribution >= 4 is 15.9 Å². The van der Waals surface area contributed by atoms with Gasteiger partial charge < -0.3 is 9.84 Å². The summed E-state index contributed by atoms with van der Waals surface area (Å²) in [6, 6.07) is 12.7. The third-order valence-corrected chi connectivity index (χ3v) is 3.37. The number of benzene rings is 2. The van der Waals surface area contributed by atoms with Gasteiger partial charge in [0.2, 0.25) is 0 Å². The van der Waals surface area contributed by atoms with E-state index in [1.165, 1.54) is 24.3 Å². The average Bonchev–Trinajstić information content (AvgIpc) is 2.40. The molecule has 0 aliphatic heterocycles. The maximum atomic E-state index is 12.0. The summed E-state index contributed by atoms with van der Waals surface area (Å²) < 4.78 is 40.9. The van der Waals surface area contributed by atoms with E-state index in [9.17, 15) is 18.3 Å². The topological polar surface area (TPSA) is 29.5 Å². The highest BCUT2D eigenvalue weighted by atomic mass is 79.9. The van der Waals surface area contributed by atoms with Crippen molar-refractivity contribution in [2.75, 3.05) is 0 Å². The second kappa shape index (κ2) is 6.49. The van der Waals surface area contributed by atoms with E-state index in [2.05, 4.69) is 20.7 Å². The van der Waals surface area contributed by atoms with Crippen molar-refractivity contribution in [3.63, 3.8) is 0 Å². The van der Waals surface area contributed by atoms with Crippen LogP contribution in [0.3, 0.4) is 0 Å². The van der Waals surface area contributed by atoms with Crippen LogP contribution in [0.15, 0.2) is 53.0 Å². The van der Waals surface area contributed by atoms with Crippen LogP contribution >= 0.6 is 15.9 Å². The molecule has 0 heterocycles. The molecule has 2 aromatic carbocycles. The molecule has 2 rings (SSSR count). The van der Waals surface area contributed by atoms with Crippen molar-refractivity contribution in [2.45, 2.75) is 18.9 Å². The van der Waals surface area contributed by atoms with Crippen molar-refractivity contribution in [3.05, 3.63) is 64.1 Å². The first-order chi connectivity index (χ1) is 9.83. The van der Waals surface area contributed by atoms with Gasteiger partial charge in [-0.2, -0.15) is 0 Å². The molecular weight excluding hydrogens is 349 g/mol. The highest BCUT2D eigenvalue weighted by Crippen LogP contribution is 2.25. The molecule has 0 spiro atoms. The second-order valence-electron chi connectivity index (χ2n) is 4.46. The Morgan fingerprint density at radius 1 is 1.00 bits per heavy atom. The predicted octanol–water partition coefficient (Wildman–Crippen LogP) is 4.62. The van der Waals surface area contributed by atoms with Gasteiger partial charge in [-0.05, 0) is 35.4 Å². The second-order valence-corrected chi connectivity index (χ2v) is 5.38. The van der Waals surface area contributed by atoms with Crippen LogP contribution in [0.25, 0.3) is 0 Å². The highest BCUT2D eigenvalue weighted by Gasteiger charge is 2.31. The Hall–Kier alpha value is -1.53. The summed E-state index contributed by atoms with van der Waals surface area (Å²) in [7, 11) is 0. The summed E-state index contributed by atoms with van der Waals surface area (Å²) in [5.41, 5.74) is 1.47. The molecule has 21 heavy (non-hydrogen) atoms. The van der Waals surface area contributed by atoms with Crippen LogP contribution in [0, 0.1) is 0 Å². The van der Waals surface area contributed by atoms with Crippen LogP contribution in [0.5, 0.6) is 5.75 Å². The quantitative estimate of drug-likeness (QED) is 0.861. The minimum Gasteiger partial charge on any atom is -0.406 e. The monoisotopic (exact) mass is 360 g/mol. The largest absolute Gasteiger partial charge is 0.573 e. The van der Waals surface area contributed by atoms with Crippen LogP contribution in [-0.2, 0) is 6.42 Å². The molecule has 1 unspecified atom stereocenters. The van der Waals surface area contributed by atoms with Gasteiger partial charge in [0.05, 0.1) is 6.10 Å². The summed E-state index contributed by atoms with van der Waals surface area (Å²) in [6.45, 7) is 0. The predicted molar refractivity (Wildman–Crippen MR) is 75.9 cm³/mol. The van der Waals surface area contributed by atoms with Gasteiger partial charge >= 0.3 is 6.36 Å². The van der Waals surface area contributed by atoms with E-state index < -0.39 is 12.5 Å². The van der Waals surface area contributed by atoms with Gasteiger partial charge in [-0.3, -0.25) is 0 Å². The summed E-state index contributed by atoms with van der Waals surface area (Å²) in [6.07, 6.45) is -5.12. The zero-order valence-corrected chi connectivity index (χ0v) is 12.4. The molecule has 0 saturated carbocycles. The normalized spacial score (nSPS) is 13.0. The first-order valence-electron chi connectivity index (χ1n) is 6.12. The number of alkyl halides is 3. The molecule has 0 aliphatic rings. The first-order valence-corrected chi connectivity index (χ1v) is 6.91. The summed E-state index contributed by atoms with van der Waals surface area (Å²) in [4.78, 5) is 0. The Morgan fingerprint density at radius 3 is 2.10 bits per heavy atom. The fraction of sp³-hybridized carbons (Fsp3) is 0.200. The maximum absolute atomic E-state index is 12.0. The van der Waals surface area contributed by atoms with E-state index in [1.807, 2.05) is 24.3 Å². The van der Waals surface area contributed by atoms with E-state index in [1.54, 1.807) is 0 Å². The molecule has 112 valence electrons. The summed E-state index contributed by atoms with van der Waals surface area (Å²) in [5, 5.41) is 10.1. The molecule has 0 amide bonds. The van der Waals surface area contributed by atoms with Gasteiger partial charge in [-0.25, -0.2) is 0 Å². The smallest absolute Gasteiger partial charge is 0.406 e. The molecule has 0 saturated heterocycles. The van der Waals surface area contributed by atoms with Gasteiger partial charge in [0.1, 0.15) is 5.75 Å². The number of aliphatic hydroxyl groups excluding tert-OH is 1. The van der Waals surface area contributed by atoms with E-state index in [-0.39, 0.29) is 5.75 Å². The number of ether oxygens (including phenoxy) is 1. The minimum atomic E-state index is -4.71. The lowest BCUT2D eigenvalue weighted by atomic mass is 10.0. The minimum absolute atomic E-state index is 0.304. The molecule has 1 N–H and O–H groups in total. The molecule has 6 heteroatoms. The number of aliphatic hydroxyl groups is 1. The Balaban J connectivity index is 2.02. The van der Waals surface area contributed by atoms with Crippen molar-refractivity contribution in [1.29, 1.82) is 0 Å². The maximum Gasteiger partial charge on any atom is 0.573 e. The Kier molecular flexibility index (Phi) is 4.90. The molecule has 0 bridgehead atoms. The van der Waals surface area contributed by atoms with Crippen molar-refractivity contribution in [2.24, 2.45) is 0 Å². The number of rotatable bonds is 4. The third kappa shape index (κ3) is 5.06. The van der Waals surface area contributed by atoms with Crippen LogP contribution in [0.2, 0.25) is 0 Å². The highest BCUT2D eigenvalue weighted by molar-refractivity contribution is 9.10. The number of halogens is 4. The number of hydrogen-bond acceptors (Lipinski definition) is 2. The van der Waals surface area contributed by atoms with Gasteiger partial charge in [0.25, 0.3) is 0 Å². The van der Waals surface area contributed by atoms with Crippen LogP contribution in [0.1, 0.15) is 17.2 Å². The van der Waals surface area contributed by atoms with Gasteiger partial charge in [0.15, 0.2) is 0 Å². The fourth-order valence-electron chi connectivity index (χ4n) is 1.85. The molecule has 0 radical (unpaired) electrons. The van der Waals surface area contributed by atoms with Crippen LogP contribution < -0.4 is 4.74 Å². The SMILES string of the molecule is OC(Cc1ccc(Br)cc1)c1ccc(OC(F)(F)F)cc1. The van der Waals surface area contributed by atoms with Crippen molar-refractivity contribution in [3.8, 4) is 5.75 Å². The summed E-state index contributed by atoms with van der Waals surface area (Å²) in [5.74, 6) is -0.304. The molecule has 2 aromatic rings. The molecule has 2 nitrogen and oxygen atoms in total. The lowest BCUT2D eigenvalue weighted by molar-refractivity contribution is -0.274. The molecule has 0 aliphatic carbocycles. The molecule has 0 aromatic heterocycles. The van der Waals surface area contributed by atoms with Crippen molar-refractivity contribution < 1.29 is 23.0 Å². The van der Waals surface area contributed by atoms with Crippen molar-refractivity contribution in [1.82, 2.24) is 0 Å². The van der Waals surface area contributed by atoms with Gasteiger partial charge in [-0.1, -0.05) is 40.2 Å². The van der Waals surface area contributed by atoms with Crippen LogP contribution in [-0.4, -0.2) is 11.5 Å². The van der Waals surface area contributed by atoms with Gasteiger partial charge in [0, 0.05) is 10.9 Å².